The van der Waals surface area contributed by atoms with Gasteiger partial charge in [-0.2, -0.15) is 0 Å². The second-order valence-corrected chi connectivity index (χ2v) is 26.0. The second kappa shape index (κ2) is 28.5. The Morgan fingerprint density at radius 3 is 1.20 bits per heavy atom. The van der Waals surface area contributed by atoms with Crippen LogP contribution in [0.4, 0.5) is 0 Å². The van der Waals surface area contributed by atoms with Crippen molar-refractivity contribution in [2.45, 2.75) is 139 Å². The lowest BCUT2D eigenvalue weighted by molar-refractivity contribution is -0.139. The van der Waals surface area contributed by atoms with Gasteiger partial charge in [0, 0.05) is 58.2 Å². The van der Waals surface area contributed by atoms with E-state index in [0.717, 1.165) is 119 Å². The summed E-state index contributed by atoms with van der Waals surface area (Å²) in [6, 6.07) is 39.1. The van der Waals surface area contributed by atoms with Crippen LogP contribution in [0.2, 0.25) is 0 Å². The van der Waals surface area contributed by atoms with Crippen molar-refractivity contribution in [3.8, 4) is 44.8 Å². The van der Waals surface area contributed by atoms with Gasteiger partial charge >= 0.3 is 0 Å². The van der Waals surface area contributed by atoms with Crippen molar-refractivity contribution in [2.75, 3.05) is 27.2 Å². The zero-order chi connectivity index (χ0) is 61.3. The first-order valence-electron chi connectivity index (χ1n) is 31.3. The van der Waals surface area contributed by atoms with Crippen LogP contribution in [0.1, 0.15) is 134 Å². The fourth-order valence-electron chi connectivity index (χ4n) is 13.1. The monoisotopic (exact) mass is 1220 g/mol. The molecule has 4 aliphatic rings. The normalized spacial score (nSPS) is 20.4. The van der Waals surface area contributed by atoms with Gasteiger partial charge in [-0.05, 0) is 137 Å². The number of thiazole rings is 2. The van der Waals surface area contributed by atoms with Crippen LogP contribution in [0.15, 0.2) is 144 Å². The molecule has 6 N–H and O–H groups in total. The fourth-order valence-corrected chi connectivity index (χ4v) is 15.0. The molecule has 88 heavy (non-hydrogen) atoms. The minimum Gasteiger partial charge on any atom is -0.347 e. The van der Waals surface area contributed by atoms with Gasteiger partial charge in [-0.25, -0.2) is 9.97 Å². The lowest BCUT2D eigenvalue weighted by Gasteiger charge is -2.35. The molecule has 16 nitrogen and oxygen atoms in total. The summed E-state index contributed by atoms with van der Waals surface area (Å²) in [4.78, 5) is 100. The number of hydrogen-bond donors (Lipinski definition) is 6. The van der Waals surface area contributed by atoms with E-state index in [1.165, 1.54) is 22.7 Å². The van der Waals surface area contributed by atoms with Gasteiger partial charge in [0.05, 0.1) is 35.6 Å². The van der Waals surface area contributed by atoms with Crippen molar-refractivity contribution >= 4 is 58.1 Å². The highest BCUT2D eigenvalue weighted by atomic mass is 32.1. The number of carbonyl (C=O) groups is 6. The third kappa shape index (κ3) is 14.3. The number of likely N-dealkylation sites (N-methyl/N-ethyl adjacent to an activating group) is 2. The van der Waals surface area contributed by atoms with E-state index in [-0.39, 0.29) is 60.4 Å². The van der Waals surface area contributed by atoms with Gasteiger partial charge in [-0.3, -0.25) is 28.8 Å². The van der Waals surface area contributed by atoms with Crippen LogP contribution in [0.3, 0.4) is 0 Å². The Morgan fingerprint density at radius 2 is 0.830 bits per heavy atom. The maximum Gasteiger partial charge on any atom is 0.251 e. The van der Waals surface area contributed by atoms with E-state index >= 15 is 9.59 Å². The summed E-state index contributed by atoms with van der Waals surface area (Å²) in [6.45, 7) is 3.99. The highest BCUT2D eigenvalue weighted by molar-refractivity contribution is 7.10. The van der Waals surface area contributed by atoms with E-state index in [1.807, 2.05) is 81.2 Å². The van der Waals surface area contributed by atoms with Crippen LogP contribution in [-0.2, 0) is 19.2 Å². The summed E-state index contributed by atoms with van der Waals surface area (Å²) < 4.78 is 0. The number of rotatable bonds is 20. The van der Waals surface area contributed by atoms with Crippen LogP contribution in [-0.4, -0.2) is 119 Å². The van der Waals surface area contributed by atoms with E-state index in [0.29, 0.717) is 24.0 Å². The van der Waals surface area contributed by atoms with Crippen LogP contribution in [0.5, 0.6) is 0 Å². The van der Waals surface area contributed by atoms with Gasteiger partial charge in [0.15, 0.2) is 0 Å². The third-order valence-corrected chi connectivity index (χ3v) is 20.3. The van der Waals surface area contributed by atoms with Crippen LogP contribution < -0.4 is 31.9 Å². The van der Waals surface area contributed by atoms with Crippen molar-refractivity contribution in [1.29, 1.82) is 0 Å². The molecule has 0 radical (unpaired) electrons. The number of hydrogen-bond acceptors (Lipinski definition) is 12. The van der Waals surface area contributed by atoms with Crippen molar-refractivity contribution in [2.24, 2.45) is 11.8 Å². The molecule has 2 saturated heterocycles. The number of likely N-dealkylation sites (tertiary alicyclic amines) is 2. The summed E-state index contributed by atoms with van der Waals surface area (Å²) in [5.74, 6) is -1.61. The molecule has 7 aromatic rings. The van der Waals surface area contributed by atoms with Gasteiger partial charge in [0.25, 0.3) is 11.8 Å². The minimum atomic E-state index is -0.743. The number of amides is 6. The van der Waals surface area contributed by atoms with E-state index < -0.39 is 48.3 Å². The van der Waals surface area contributed by atoms with Crippen LogP contribution in [0, 0.1) is 11.8 Å². The SMILES string of the molecule is CN[C@@H](C)C(=O)N[C@H](C(=O)N1C[C@@H](NC(=O)c2ccc(C(=O)N[C@H]3C[C@@H](c4nc(-c5cccc(-c6ccccc6)c5)cs4)N(C(=O)[C@@H](NC(=O)[C@H](C)NC)C4CCCCC4)C3)cc2)C[C@H]1c1nc(-c2cccc(-c3ccccc3)c2)cs1)C1CCCCC1. The first-order valence-corrected chi connectivity index (χ1v) is 33.1. The van der Waals surface area contributed by atoms with Gasteiger partial charge in [-0.1, -0.05) is 136 Å². The van der Waals surface area contributed by atoms with E-state index in [4.69, 9.17) is 9.97 Å². The van der Waals surface area contributed by atoms with Gasteiger partial charge < -0.3 is 41.7 Å². The zero-order valence-corrected chi connectivity index (χ0v) is 52.2. The lowest BCUT2D eigenvalue weighted by atomic mass is 9.83. The Balaban J connectivity index is 0.811. The molecule has 11 rings (SSSR count). The highest BCUT2D eigenvalue weighted by Crippen LogP contribution is 2.41. The van der Waals surface area contributed by atoms with Crippen LogP contribution >= 0.6 is 22.7 Å². The average Bonchev–Trinajstić information content (AvgIpc) is 1.96. The summed E-state index contributed by atoms with van der Waals surface area (Å²) in [5, 5.41) is 24.3. The number of aromatic nitrogens is 2. The zero-order valence-electron chi connectivity index (χ0n) is 50.6. The maximum atomic E-state index is 15.2. The van der Waals surface area contributed by atoms with Crippen molar-refractivity contribution < 1.29 is 28.8 Å². The molecule has 5 aromatic carbocycles. The van der Waals surface area contributed by atoms with E-state index in [2.05, 4.69) is 80.4 Å². The molecule has 8 atom stereocenters. The number of carbonyl (C=O) groups excluding carboxylic acids is 6. The molecule has 0 bridgehead atoms. The number of nitrogens with one attached hydrogen (secondary N) is 6. The standard InChI is InChI=1S/C70H80N10O6S2/c1-43(71-3)63(81)77-61(47-23-13-7-14-24-47)69(85)79-39-55(37-59(79)67-75-57(41-87-67)53-29-17-27-51(35-53)45-19-9-5-10-20-45)73-65(83)49-31-33-50(34-32-49)66(84)74-56-38-60(68-76-58(42-88-68)54-30-18-28-52(36-54)46-21-11-6-12-22-46)80(40-56)70(86)62(48-25-15-8-16-26-48)78-64(82)44(2)72-4/h5-6,9-12,17-22,27-36,41-44,47-48,55-56,59-62,71-72H,7-8,13-16,23-26,37-40H2,1-4H3,(H,73,83)(H,74,84)(H,77,81)(H,78,82)/t43-,44-,55-,56-,59-,60-,61-,62-/m0/s1. The largest absolute Gasteiger partial charge is 0.347 e. The molecule has 0 unspecified atom stereocenters. The van der Waals surface area contributed by atoms with E-state index in [1.54, 1.807) is 52.2 Å². The average molecular weight is 1220 g/mol. The summed E-state index contributed by atoms with van der Waals surface area (Å²) in [7, 11) is 3.45. The molecular formula is C70H80N10O6S2. The van der Waals surface area contributed by atoms with Gasteiger partial charge in [-0.15, -0.1) is 22.7 Å². The Kier molecular flexibility index (Phi) is 20.0. The van der Waals surface area contributed by atoms with Crippen LogP contribution in [0.25, 0.3) is 44.8 Å². The molecule has 18 heteroatoms. The molecule has 2 aliphatic carbocycles. The van der Waals surface area contributed by atoms with Gasteiger partial charge in [0.1, 0.15) is 22.1 Å². The molecule has 458 valence electrons. The Morgan fingerprint density at radius 1 is 0.466 bits per heavy atom. The van der Waals surface area contributed by atoms with Crippen molar-refractivity contribution in [1.82, 2.24) is 51.7 Å². The third-order valence-electron chi connectivity index (χ3n) is 18.4. The van der Waals surface area contributed by atoms with Crippen molar-refractivity contribution in [3.05, 3.63) is 165 Å². The molecule has 2 aromatic heterocycles. The maximum absolute atomic E-state index is 15.2. The number of nitrogens with zero attached hydrogens (tertiary/aromatic N) is 4. The molecule has 4 heterocycles. The molecule has 2 saturated carbocycles. The minimum absolute atomic E-state index is 0.0331. The Hall–Kier alpha value is -7.90. The molecule has 2 aliphatic heterocycles. The molecule has 0 spiro atoms. The predicted octanol–water partition coefficient (Wildman–Crippen LogP) is 10.8. The van der Waals surface area contributed by atoms with Crippen molar-refractivity contribution in [3.63, 3.8) is 0 Å². The lowest BCUT2D eigenvalue weighted by Crippen LogP contribution is -2.56. The summed E-state index contributed by atoms with van der Waals surface area (Å²) >= 11 is 2.97. The topological polar surface area (TPSA) is 207 Å². The summed E-state index contributed by atoms with van der Waals surface area (Å²) in [6.07, 6.45) is 10.2. The molecule has 6 amide bonds. The first-order chi connectivity index (χ1) is 42.8. The molecular weight excluding hydrogens is 1140 g/mol. The quantitative estimate of drug-likeness (QED) is 0.0426. The number of benzene rings is 5. The van der Waals surface area contributed by atoms with E-state index in [9.17, 15) is 19.2 Å². The first kappa shape index (κ1) is 61.7. The fraction of sp³-hybridized carbons (Fsp3) is 0.400. The Labute approximate surface area is 524 Å². The Bertz CT molecular complexity index is 3330. The van der Waals surface area contributed by atoms with Gasteiger partial charge in [0.2, 0.25) is 23.6 Å². The highest BCUT2D eigenvalue weighted by Gasteiger charge is 2.46. The summed E-state index contributed by atoms with van der Waals surface area (Å²) in [5.41, 5.74) is 8.49. The predicted molar refractivity (Wildman–Crippen MR) is 347 cm³/mol. The second-order valence-electron chi connectivity index (χ2n) is 24.2. The molecule has 4 fully saturated rings. The smallest absolute Gasteiger partial charge is 0.251 e.